The first-order valence-corrected chi connectivity index (χ1v) is 28.0. The van der Waals surface area contributed by atoms with E-state index in [1.165, 1.54) is 6.39 Å². The molecule has 6 aromatic heterocycles. The molecule has 1 aliphatic heterocycles. The van der Waals surface area contributed by atoms with Gasteiger partial charge in [0.25, 0.3) is 0 Å². The number of furan rings is 1. The van der Waals surface area contributed by atoms with Crippen LogP contribution in [0.1, 0.15) is 189 Å². The molecule has 0 spiro atoms. The van der Waals surface area contributed by atoms with E-state index in [-0.39, 0.29) is 5.41 Å². The van der Waals surface area contributed by atoms with Crippen LogP contribution in [0.15, 0.2) is 158 Å². The van der Waals surface area contributed by atoms with Crippen LogP contribution in [0, 0.1) is 35.5 Å². The molecule has 0 saturated heterocycles. The van der Waals surface area contributed by atoms with Gasteiger partial charge in [0.05, 0.1) is 24.2 Å². The maximum atomic E-state index is 4.98. The molecule has 71 heavy (non-hydrogen) atoms. The standard InChI is InChI=1S/C6H10N2S.C6H9NO.C5H6.2C4H5N.C4H4O.C4H4S.6C4H10.C3H3NS/c1-6(2,3)5-8-7-4-9-5;1-5(2)6-3-7-4-8-6;5*1-2-4-5-3-1;6*1-4(2)3;1-2-5-3-4-1/h4H,1-3H3;3-5H,1-2H3;1-4H,5H2;1,3-4H,2H2;1-5H;2*1-4H;6*4H,1-3H3;1-3H. The molecule has 0 aromatic carbocycles. The number of thiophene rings is 1. The number of aromatic nitrogens is 5. The minimum atomic E-state index is 0.168. The van der Waals surface area contributed by atoms with Crippen molar-refractivity contribution in [3.05, 3.63) is 155 Å². The van der Waals surface area contributed by atoms with E-state index in [1.807, 2.05) is 77.2 Å². The fourth-order valence-electron chi connectivity index (χ4n) is 2.61. The maximum absolute atomic E-state index is 4.98. The van der Waals surface area contributed by atoms with E-state index in [1.54, 1.807) is 76.2 Å². The van der Waals surface area contributed by atoms with Gasteiger partial charge < -0.3 is 13.8 Å². The molecule has 0 atom stereocenters. The highest BCUT2D eigenvalue weighted by atomic mass is 32.1. The van der Waals surface area contributed by atoms with Crippen molar-refractivity contribution in [1.82, 2.24) is 25.1 Å². The lowest BCUT2D eigenvalue weighted by Gasteiger charge is -2.11. The van der Waals surface area contributed by atoms with E-state index in [4.69, 9.17) is 4.42 Å². The second-order valence-electron chi connectivity index (χ2n) is 20.6. The molecule has 7 heterocycles. The Labute approximate surface area is 450 Å². The summed E-state index contributed by atoms with van der Waals surface area (Å²) < 4.78 is 9.57. The zero-order valence-corrected chi connectivity index (χ0v) is 51.6. The summed E-state index contributed by atoms with van der Waals surface area (Å²) in [5.74, 6) is 6.41. The Hall–Kier alpha value is -4.45. The minimum Gasteiger partial charge on any atom is -0.473 e. The lowest BCUT2D eigenvalue weighted by molar-refractivity contribution is 0.482. The molecule has 0 bridgehead atoms. The average Bonchev–Trinajstić information content (AvgIpc) is 4.15. The highest BCUT2D eigenvalue weighted by Gasteiger charge is 2.16. The number of rotatable bonds is 1. The number of thiazole rings is 1. The Bertz CT molecular complexity index is 1480. The molecule has 0 radical (unpaired) electrons. The summed E-state index contributed by atoms with van der Waals surface area (Å²) in [6, 6.07) is 11.6. The van der Waals surface area contributed by atoms with Crippen LogP contribution < -0.4 is 0 Å². The third-order valence-electron chi connectivity index (χ3n) is 4.91. The Morgan fingerprint density at radius 3 is 1.17 bits per heavy atom. The van der Waals surface area contributed by atoms with Gasteiger partial charge in [0.1, 0.15) is 16.3 Å². The number of allylic oxidation sites excluding steroid dienone is 5. The molecule has 0 fully saturated rings. The van der Waals surface area contributed by atoms with E-state index in [0.717, 1.165) is 59.1 Å². The number of aliphatic imine (C=N–C) groups is 1. The predicted molar refractivity (Wildman–Crippen MR) is 323 cm³/mol. The van der Waals surface area contributed by atoms with Crippen LogP contribution in [0.2, 0.25) is 0 Å². The highest BCUT2D eigenvalue weighted by Crippen LogP contribution is 2.22. The van der Waals surface area contributed by atoms with Gasteiger partial charge in [0, 0.05) is 54.1 Å². The van der Waals surface area contributed by atoms with Crippen LogP contribution in [0.25, 0.3) is 0 Å². The number of hydrogen-bond donors (Lipinski definition) is 1. The molecule has 8 nitrogen and oxygen atoms in total. The molecule has 0 amide bonds. The predicted octanol–water partition coefficient (Wildman–Crippen LogP) is 21.3. The molecule has 0 saturated carbocycles. The van der Waals surface area contributed by atoms with E-state index in [2.05, 4.69) is 218 Å². The number of hydrogen-bond acceptors (Lipinski definition) is 10. The summed E-state index contributed by atoms with van der Waals surface area (Å²) in [6.45, 7) is 49.5. The second-order valence-corrected chi connectivity index (χ2v) is 23.0. The zero-order valence-electron chi connectivity index (χ0n) is 49.2. The van der Waals surface area contributed by atoms with Gasteiger partial charge in [0.2, 0.25) is 0 Å². The SMILES string of the molecule is C1=CCC=C1.C1=CN=CC1.CC(C)(C)c1nncs1.CC(C)C.CC(C)C.CC(C)C.CC(C)C.CC(C)C.CC(C)C.CC(C)c1cnco1.c1cc[nH]c1.c1ccoc1.c1ccsc1.c1cscn1. The number of aromatic amines is 1. The van der Waals surface area contributed by atoms with Gasteiger partial charge in [-0.15, -0.1) is 32.9 Å². The molecule has 1 aliphatic carbocycles. The van der Waals surface area contributed by atoms with Gasteiger partial charge in [-0.3, -0.25) is 9.98 Å². The number of H-pyrrole nitrogens is 1. The molecular weight excluding hydrogens is 933 g/mol. The molecule has 2 aliphatic rings. The summed E-state index contributed by atoms with van der Waals surface area (Å²) in [5, 5.41) is 14.8. The van der Waals surface area contributed by atoms with E-state index < -0.39 is 0 Å². The number of oxazole rings is 1. The molecule has 0 unspecified atom stereocenters. The van der Waals surface area contributed by atoms with Crippen LogP contribution in [-0.4, -0.2) is 31.4 Å². The maximum Gasteiger partial charge on any atom is 0.180 e. The van der Waals surface area contributed by atoms with Crippen molar-refractivity contribution in [2.75, 3.05) is 0 Å². The van der Waals surface area contributed by atoms with Crippen molar-refractivity contribution in [3.63, 3.8) is 0 Å². The highest BCUT2D eigenvalue weighted by molar-refractivity contribution is 7.09. The normalized spacial score (nSPS) is 10.5. The van der Waals surface area contributed by atoms with Gasteiger partial charge in [-0.05, 0) is 77.0 Å². The summed E-state index contributed by atoms with van der Waals surface area (Å²) in [4.78, 5) is 14.2. The summed E-state index contributed by atoms with van der Waals surface area (Å²) in [7, 11) is 0. The van der Waals surface area contributed by atoms with Crippen molar-refractivity contribution >= 4 is 40.2 Å². The smallest absolute Gasteiger partial charge is 0.180 e. The first kappa shape index (κ1) is 78.0. The van der Waals surface area contributed by atoms with Gasteiger partial charge in [0.15, 0.2) is 6.39 Å². The second kappa shape index (κ2) is 61.7. The zero-order chi connectivity index (χ0) is 55.6. The van der Waals surface area contributed by atoms with Crippen molar-refractivity contribution < 1.29 is 8.83 Å². The Kier molecular flexibility index (Phi) is 67.7. The Morgan fingerprint density at radius 1 is 0.549 bits per heavy atom. The third-order valence-corrected chi connectivity index (χ3v) is 7.18. The first-order valence-electron chi connectivity index (χ1n) is 25.3. The quantitative estimate of drug-likeness (QED) is 0.176. The monoisotopic (exact) mass is 1040 g/mol. The van der Waals surface area contributed by atoms with Crippen LogP contribution in [-0.2, 0) is 5.41 Å². The van der Waals surface area contributed by atoms with Crippen molar-refractivity contribution in [2.45, 2.75) is 183 Å². The average molecular weight is 1040 g/mol. The van der Waals surface area contributed by atoms with Crippen molar-refractivity contribution in [1.29, 1.82) is 0 Å². The van der Waals surface area contributed by atoms with Gasteiger partial charge in [-0.2, -0.15) is 11.3 Å². The fourth-order valence-corrected chi connectivity index (χ4v) is 4.06. The molecule has 1 N–H and O–H groups in total. The van der Waals surface area contributed by atoms with Gasteiger partial charge in [-0.1, -0.05) is 202 Å². The first-order chi connectivity index (χ1) is 33.3. The van der Waals surface area contributed by atoms with Crippen molar-refractivity contribution in [3.8, 4) is 0 Å². The lowest BCUT2D eigenvalue weighted by atomic mass is 9.98. The molecule has 8 rings (SSSR count). The van der Waals surface area contributed by atoms with Crippen LogP contribution in [0.3, 0.4) is 0 Å². The van der Waals surface area contributed by atoms with Crippen LogP contribution >= 0.6 is 34.0 Å². The fraction of sp³-hybridized carbons (Fsp3) is 0.550. The topological polar surface area (TPSA) is 106 Å². The van der Waals surface area contributed by atoms with E-state index >= 15 is 0 Å². The summed E-state index contributed by atoms with van der Waals surface area (Å²) in [6.07, 6.45) is 28.2. The van der Waals surface area contributed by atoms with E-state index in [0.29, 0.717) is 5.92 Å². The van der Waals surface area contributed by atoms with Crippen LogP contribution in [0.5, 0.6) is 0 Å². The van der Waals surface area contributed by atoms with Crippen LogP contribution in [0.4, 0.5) is 0 Å². The molecule has 406 valence electrons. The Morgan fingerprint density at radius 2 is 1.03 bits per heavy atom. The number of nitrogens with one attached hydrogen (secondary N) is 1. The molecule has 6 aromatic rings. The minimum absolute atomic E-state index is 0.168. The van der Waals surface area contributed by atoms with Gasteiger partial charge >= 0.3 is 0 Å². The van der Waals surface area contributed by atoms with Crippen molar-refractivity contribution in [2.24, 2.45) is 40.5 Å². The lowest BCUT2D eigenvalue weighted by Crippen LogP contribution is -2.10. The van der Waals surface area contributed by atoms with E-state index in [9.17, 15) is 0 Å². The Balaban J connectivity index is -0.000000162. The number of nitrogens with zero attached hydrogens (tertiary/aromatic N) is 5. The molecule has 11 heteroatoms. The molecular formula is C60H106N6O2S3. The summed E-state index contributed by atoms with van der Waals surface area (Å²) in [5.41, 5.74) is 3.72. The third kappa shape index (κ3) is 108. The van der Waals surface area contributed by atoms with Gasteiger partial charge in [-0.25, -0.2) is 4.98 Å². The largest absolute Gasteiger partial charge is 0.473 e. The summed E-state index contributed by atoms with van der Waals surface area (Å²) >= 11 is 4.92.